The standard InChI is InChI=1S/C5H11NO3S.C5H10O/c1-10(7,8)6-2-4-9-5-3-6;1-2-4-6-5-3-1/h2-5H2,1H3;1-5H2. The van der Waals surface area contributed by atoms with Crippen molar-refractivity contribution in [1.29, 1.82) is 0 Å². The highest BCUT2D eigenvalue weighted by Gasteiger charge is 2.18. The van der Waals surface area contributed by atoms with E-state index in [0.29, 0.717) is 26.3 Å². The Morgan fingerprint density at radius 2 is 1.38 bits per heavy atom. The van der Waals surface area contributed by atoms with E-state index in [2.05, 4.69) is 0 Å². The Balaban J connectivity index is 0.000000181. The zero-order valence-electron chi connectivity index (χ0n) is 9.85. The largest absolute Gasteiger partial charge is 0.381 e. The molecule has 0 unspecified atom stereocenters. The number of nitrogens with zero attached hydrogens (tertiary/aromatic N) is 1. The lowest BCUT2D eigenvalue weighted by atomic mass is 10.2. The van der Waals surface area contributed by atoms with Crippen molar-refractivity contribution in [2.45, 2.75) is 19.3 Å². The van der Waals surface area contributed by atoms with Crippen LogP contribution in [0.4, 0.5) is 0 Å². The molecule has 5 nitrogen and oxygen atoms in total. The van der Waals surface area contributed by atoms with E-state index in [-0.39, 0.29) is 0 Å². The highest BCUT2D eigenvalue weighted by atomic mass is 32.2. The zero-order valence-corrected chi connectivity index (χ0v) is 10.7. The van der Waals surface area contributed by atoms with Crippen molar-refractivity contribution in [3.8, 4) is 0 Å². The molecule has 0 amide bonds. The Bertz CT molecular complexity index is 257. The van der Waals surface area contributed by atoms with Crippen LogP contribution in [0, 0.1) is 0 Å². The van der Waals surface area contributed by atoms with Gasteiger partial charge in [0.15, 0.2) is 0 Å². The van der Waals surface area contributed by atoms with Crippen LogP contribution in [-0.4, -0.2) is 58.5 Å². The van der Waals surface area contributed by atoms with Gasteiger partial charge in [-0.15, -0.1) is 0 Å². The van der Waals surface area contributed by atoms with Crippen molar-refractivity contribution in [1.82, 2.24) is 4.31 Å². The Labute approximate surface area is 97.8 Å². The van der Waals surface area contributed by atoms with Gasteiger partial charge >= 0.3 is 0 Å². The van der Waals surface area contributed by atoms with E-state index in [9.17, 15) is 8.42 Å². The SMILES string of the molecule is C1CCOCC1.CS(=O)(=O)N1CCOCC1. The quantitative estimate of drug-likeness (QED) is 0.679. The van der Waals surface area contributed by atoms with Crippen molar-refractivity contribution in [3.63, 3.8) is 0 Å². The first-order chi connectivity index (χ1) is 7.61. The number of rotatable bonds is 1. The summed E-state index contributed by atoms with van der Waals surface area (Å²) in [4.78, 5) is 0. The molecule has 6 heteroatoms. The molecule has 96 valence electrons. The topological polar surface area (TPSA) is 55.8 Å². The maximum Gasteiger partial charge on any atom is 0.211 e. The maximum atomic E-state index is 10.9. The minimum absolute atomic E-state index is 0.499. The van der Waals surface area contributed by atoms with Gasteiger partial charge in [-0.25, -0.2) is 8.42 Å². The molecule has 2 fully saturated rings. The molecule has 0 radical (unpaired) electrons. The molecule has 0 atom stereocenters. The molecule has 0 N–H and O–H groups in total. The smallest absolute Gasteiger partial charge is 0.211 e. The van der Waals surface area contributed by atoms with E-state index in [0.717, 1.165) is 13.2 Å². The van der Waals surface area contributed by atoms with Gasteiger partial charge in [-0.1, -0.05) is 0 Å². The van der Waals surface area contributed by atoms with Crippen molar-refractivity contribution < 1.29 is 17.9 Å². The Hall–Kier alpha value is -0.170. The van der Waals surface area contributed by atoms with Crippen LogP contribution in [0.1, 0.15) is 19.3 Å². The van der Waals surface area contributed by atoms with Crippen molar-refractivity contribution >= 4 is 10.0 Å². The van der Waals surface area contributed by atoms with E-state index in [1.807, 2.05) is 0 Å². The summed E-state index contributed by atoms with van der Waals surface area (Å²) in [5.74, 6) is 0. The lowest BCUT2D eigenvalue weighted by molar-refractivity contribution is 0.0733. The average molecular weight is 251 g/mol. The van der Waals surface area contributed by atoms with Gasteiger partial charge in [0.25, 0.3) is 0 Å². The number of hydrogen-bond acceptors (Lipinski definition) is 4. The summed E-state index contributed by atoms with van der Waals surface area (Å²) < 4.78 is 33.2. The van der Waals surface area contributed by atoms with Crippen molar-refractivity contribution in [2.24, 2.45) is 0 Å². The maximum absolute atomic E-state index is 10.9. The monoisotopic (exact) mass is 251 g/mol. The molecule has 0 aromatic heterocycles. The lowest BCUT2D eigenvalue weighted by Crippen LogP contribution is -2.39. The molecule has 2 aliphatic heterocycles. The second kappa shape index (κ2) is 7.21. The summed E-state index contributed by atoms with van der Waals surface area (Å²) >= 11 is 0. The molecular formula is C10H21NO4S. The van der Waals surface area contributed by atoms with Crippen LogP contribution in [0.2, 0.25) is 0 Å². The van der Waals surface area contributed by atoms with Crippen LogP contribution in [-0.2, 0) is 19.5 Å². The van der Waals surface area contributed by atoms with Gasteiger partial charge < -0.3 is 9.47 Å². The van der Waals surface area contributed by atoms with E-state index in [4.69, 9.17) is 9.47 Å². The summed E-state index contributed by atoms with van der Waals surface area (Å²) in [5.41, 5.74) is 0. The lowest BCUT2D eigenvalue weighted by Gasteiger charge is -2.23. The van der Waals surface area contributed by atoms with Gasteiger partial charge in [-0.3, -0.25) is 0 Å². The van der Waals surface area contributed by atoms with E-state index in [1.54, 1.807) is 0 Å². The highest BCUT2D eigenvalue weighted by molar-refractivity contribution is 7.88. The Kier molecular flexibility index (Phi) is 6.26. The summed E-state index contributed by atoms with van der Waals surface area (Å²) in [6.45, 7) is 4.04. The van der Waals surface area contributed by atoms with Crippen LogP contribution in [0.5, 0.6) is 0 Å². The molecule has 2 heterocycles. The average Bonchev–Trinajstić information content (AvgIpc) is 2.32. The minimum atomic E-state index is -2.97. The van der Waals surface area contributed by atoms with E-state index >= 15 is 0 Å². The number of hydrogen-bond donors (Lipinski definition) is 0. The highest BCUT2D eigenvalue weighted by Crippen LogP contribution is 2.02. The predicted molar refractivity (Wildman–Crippen MR) is 61.9 cm³/mol. The molecule has 2 aliphatic rings. The van der Waals surface area contributed by atoms with Crippen LogP contribution in [0.3, 0.4) is 0 Å². The van der Waals surface area contributed by atoms with E-state index in [1.165, 1.54) is 29.8 Å². The second-order valence-corrected chi connectivity index (χ2v) is 5.93. The van der Waals surface area contributed by atoms with Crippen molar-refractivity contribution in [2.75, 3.05) is 45.8 Å². The number of ether oxygens (including phenoxy) is 2. The molecule has 2 rings (SSSR count). The van der Waals surface area contributed by atoms with Gasteiger partial charge in [0.2, 0.25) is 10.0 Å². The third-order valence-electron chi connectivity index (χ3n) is 2.52. The van der Waals surface area contributed by atoms with Crippen molar-refractivity contribution in [3.05, 3.63) is 0 Å². The second-order valence-electron chi connectivity index (χ2n) is 3.95. The fraction of sp³-hybridized carbons (Fsp3) is 1.00. The fourth-order valence-corrected chi connectivity index (χ4v) is 2.38. The summed E-state index contributed by atoms with van der Waals surface area (Å²) in [5, 5.41) is 0. The van der Waals surface area contributed by atoms with Gasteiger partial charge in [0, 0.05) is 26.3 Å². The molecule has 0 aromatic rings. The Morgan fingerprint density at radius 3 is 1.62 bits per heavy atom. The molecular weight excluding hydrogens is 230 g/mol. The molecule has 2 saturated heterocycles. The fourth-order valence-electron chi connectivity index (χ4n) is 1.57. The minimum Gasteiger partial charge on any atom is -0.381 e. The van der Waals surface area contributed by atoms with Gasteiger partial charge in [-0.2, -0.15) is 4.31 Å². The number of sulfonamides is 1. The zero-order chi connectivity index (χ0) is 11.9. The van der Waals surface area contributed by atoms with Crippen LogP contribution >= 0.6 is 0 Å². The first-order valence-corrected chi connectivity index (χ1v) is 7.56. The molecule has 0 bridgehead atoms. The predicted octanol–water partition coefficient (Wildman–Crippen LogP) is 0.465. The molecule has 0 aliphatic carbocycles. The normalized spacial score (nSPS) is 23.3. The van der Waals surface area contributed by atoms with Crippen LogP contribution in [0.25, 0.3) is 0 Å². The van der Waals surface area contributed by atoms with E-state index < -0.39 is 10.0 Å². The van der Waals surface area contributed by atoms with Crippen LogP contribution in [0.15, 0.2) is 0 Å². The Morgan fingerprint density at radius 1 is 0.875 bits per heavy atom. The molecule has 0 aromatic carbocycles. The summed E-state index contributed by atoms with van der Waals surface area (Å²) in [6, 6.07) is 0. The summed E-state index contributed by atoms with van der Waals surface area (Å²) in [7, 11) is -2.97. The third-order valence-corrected chi connectivity index (χ3v) is 3.82. The van der Waals surface area contributed by atoms with Gasteiger partial charge in [-0.05, 0) is 19.3 Å². The van der Waals surface area contributed by atoms with Crippen LogP contribution < -0.4 is 0 Å². The number of morpholine rings is 1. The molecule has 0 saturated carbocycles. The molecule has 16 heavy (non-hydrogen) atoms. The van der Waals surface area contributed by atoms with Gasteiger partial charge in [0.05, 0.1) is 19.5 Å². The molecule has 0 spiro atoms. The first kappa shape index (κ1) is 13.9. The third kappa shape index (κ3) is 5.79. The van der Waals surface area contributed by atoms with Gasteiger partial charge in [0.1, 0.15) is 0 Å². The first-order valence-electron chi connectivity index (χ1n) is 5.71. The summed E-state index contributed by atoms with van der Waals surface area (Å²) in [6.07, 6.45) is 5.15.